The zero-order chi connectivity index (χ0) is 22.8. The summed E-state index contributed by atoms with van der Waals surface area (Å²) < 4.78 is 30.3. The Kier molecular flexibility index (Phi) is 4.83. The van der Waals surface area contributed by atoms with E-state index in [-0.39, 0.29) is 16.4 Å². The summed E-state index contributed by atoms with van der Waals surface area (Å²) in [5.74, 6) is 0.583. The zero-order valence-electron chi connectivity index (χ0n) is 18.8. The number of methoxy groups -OCH3 is 1. The lowest BCUT2D eigenvalue weighted by molar-refractivity contribution is 0.0561. The molecule has 1 fully saturated rings. The van der Waals surface area contributed by atoms with Crippen molar-refractivity contribution in [3.63, 3.8) is 0 Å². The van der Waals surface area contributed by atoms with Gasteiger partial charge < -0.3 is 14.8 Å². The highest BCUT2D eigenvalue weighted by Gasteiger charge is 2.53. The van der Waals surface area contributed by atoms with E-state index < -0.39 is 15.9 Å². The van der Waals surface area contributed by atoms with E-state index in [4.69, 9.17) is 14.6 Å². The van der Waals surface area contributed by atoms with Gasteiger partial charge in [-0.25, -0.2) is 18.8 Å². The van der Waals surface area contributed by atoms with Gasteiger partial charge in [0.1, 0.15) is 4.90 Å². The van der Waals surface area contributed by atoms with Crippen molar-refractivity contribution in [1.82, 2.24) is 9.78 Å². The maximum absolute atomic E-state index is 13.3. The van der Waals surface area contributed by atoms with Crippen molar-refractivity contribution in [2.75, 3.05) is 19.0 Å². The van der Waals surface area contributed by atoms with Gasteiger partial charge in [0, 0.05) is 31.7 Å². The molecular weight excluding hydrogens is 442 g/mol. The average Bonchev–Trinajstić information content (AvgIpc) is 3.14. The van der Waals surface area contributed by atoms with E-state index in [1.807, 2.05) is 0 Å². The van der Waals surface area contributed by atoms with Crippen LogP contribution in [0.5, 0.6) is 5.88 Å². The highest BCUT2D eigenvalue weighted by atomic mass is 32.2. The molecule has 0 radical (unpaired) electrons. The molecule has 2 amide bonds. The van der Waals surface area contributed by atoms with Gasteiger partial charge in [0.2, 0.25) is 5.88 Å². The number of nitrogens with zero attached hydrogens (tertiary/aromatic N) is 3. The van der Waals surface area contributed by atoms with Crippen LogP contribution in [0.15, 0.2) is 21.5 Å². The minimum atomic E-state index is -3.51. The second-order valence-corrected chi connectivity index (χ2v) is 11.3. The standard InChI is InChI=1S/C23H29N5O4S/c1-31-23(8-9-23)17-7-6-15-12-14-4-2-5-16(14)20(19(15)17)26-22(29)27-33(24,30)18-13-25-28-10-3-11-32-21(18)28/h12-13,17H,2-11H2,1H3,(H3,24,26,27,29,30). The third-order valence-corrected chi connectivity index (χ3v) is 8.99. The maximum atomic E-state index is 13.3. The minimum Gasteiger partial charge on any atom is -0.477 e. The number of fused-ring (bicyclic) bond motifs is 3. The van der Waals surface area contributed by atoms with Crippen molar-refractivity contribution < 1.29 is 18.5 Å². The van der Waals surface area contributed by atoms with Gasteiger partial charge in [-0.05, 0) is 67.2 Å². The molecule has 6 rings (SSSR count). The first-order valence-electron chi connectivity index (χ1n) is 11.7. The number of benzene rings is 1. The Morgan fingerprint density at radius 2 is 2.18 bits per heavy atom. The number of aromatic nitrogens is 2. The first-order chi connectivity index (χ1) is 15.9. The van der Waals surface area contributed by atoms with E-state index in [2.05, 4.69) is 20.8 Å². The van der Waals surface area contributed by atoms with Crippen LogP contribution in [0.3, 0.4) is 0 Å². The molecule has 0 spiro atoms. The van der Waals surface area contributed by atoms with Crippen LogP contribution in [0.4, 0.5) is 10.5 Å². The number of carbonyl (C=O) groups is 1. The fraction of sp³-hybridized carbons (Fsp3) is 0.565. The summed E-state index contributed by atoms with van der Waals surface area (Å²) in [6, 6.07) is 1.62. The smallest absolute Gasteiger partial charge is 0.354 e. The molecular formula is C23H29N5O4S. The number of aryl methyl sites for hydroxylation is 3. The Hall–Kier alpha value is -2.43. The lowest BCUT2D eigenvalue weighted by Crippen LogP contribution is -2.24. The summed E-state index contributed by atoms with van der Waals surface area (Å²) >= 11 is 0. The molecule has 1 saturated carbocycles. The molecule has 0 saturated heterocycles. The molecule has 9 nitrogen and oxygen atoms in total. The Bertz CT molecular complexity index is 1270. The van der Waals surface area contributed by atoms with Crippen LogP contribution in [-0.4, -0.2) is 39.3 Å². The fourth-order valence-electron chi connectivity index (χ4n) is 5.91. The number of nitrogens with one attached hydrogen (secondary N) is 1. The Balaban J connectivity index is 1.37. The molecule has 1 aliphatic heterocycles. The van der Waals surface area contributed by atoms with Crippen molar-refractivity contribution in [3.05, 3.63) is 34.5 Å². The van der Waals surface area contributed by atoms with Crippen molar-refractivity contribution in [1.29, 1.82) is 0 Å². The second-order valence-electron chi connectivity index (χ2n) is 9.50. The Morgan fingerprint density at radius 1 is 1.33 bits per heavy atom. The number of rotatable bonds is 4. The number of urea groups is 1. The van der Waals surface area contributed by atoms with Gasteiger partial charge in [-0.1, -0.05) is 6.07 Å². The third kappa shape index (κ3) is 3.38. The van der Waals surface area contributed by atoms with Gasteiger partial charge >= 0.3 is 6.03 Å². The third-order valence-electron chi connectivity index (χ3n) is 7.64. The van der Waals surface area contributed by atoms with E-state index in [1.165, 1.54) is 28.5 Å². The van der Waals surface area contributed by atoms with Gasteiger partial charge in [0.05, 0.1) is 18.4 Å². The topological polar surface area (TPSA) is 121 Å². The predicted molar refractivity (Wildman–Crippen MR) is 123 cm³/mol. The quantitative estimate of drug-likeness (QED) is 0.709. The first-order valence-corrected chi connectivity index (χ1v) is 13.3. The summed E-state index contributed by atoms with van der Waals surface area (Å²) in [6.45, 7) is 1.15. The molecule has 3 aliphatic carbocycles. The normalized spacial score (nSPS) is 23.6. The molecule has 10 heteroatoms. The summed E-state index contributed by atoms with van der Waals surface area (Å²) in [7, 11) is -1.73. The number of ether oxygens (including phenoxy) is 2. The maximum Gasteiger partial charge on any atom is 0.354 e. The van der Waals surface area contributed by atoms with Gasteiger partial charge in [-0.3, -0.25) is 0 Å². The van der Waals surface area contributed by atoms with Gasteiger partial charge in [-0.15, -0.1) is 4.36 Å². The van der Waals surface area contributed by atoms with Crippen LogP contribution in [0.2, 0.25) is 0 Å². The number of amides is 2. The molecule has 2 unspecified atom stereocenters. The highest BCUT2D eigenvalue weighted by Crippen LogP contribution is 2.57. The Morgan fingerprint density at radius 3 is 2.97 bits per heavy atom. The van der Waals surface area contributed by atoms with Crippen LogP contribution in [-0.2, 0) is 40.5 Å². The Labute approximate surface area is 193 Å². The number of anilines is 1. The SMILES string of the molecule is COC1(C2CCc3cc4c(c(NC(=O)N=S(N)(=O)c5cnn6c5OCCC6)c32)CCC4)CC1. The van der Waals surface area contributed by atoms with Crippen LogP contribution < -0.4 is 15.2 Å². The van der Waals surface area contributed by atoms with Crippen LogP contribution in [0.1, 0.15) is 60.3 Å². The van der Waals surface area contributed by atoms with E-state index in [9.17, 15) is 9.00 Å². The van der Waals surface area contributed by atoms with Gasteiger partial charge in [0.15, 0.2) is 9.92 Å². The van der Waals surface area contributed by atoms with Gasteiger partial charge in [-0.2, -0.15) is 5.10 Å². The number of hydrogen-bond acceptors (Lipinski definition) is 5. The molecule has 1 aromatic carbocycles. The fourth-order valence-corrected chi connectivity index (χ4v) is 6.91. The summed E-state index contributed by atoms with van der Waals surface area (Å²) in [5, 5.41) is 13.3. The van der Waals surface area contributed by atoms with Crippen molar-refractivity contribution in [2.45, 2.75) is 74.3 Å². The molecule has 2 atom stereocenters. The zero-order valence-corrected chi connectivity index (χ0v) is 19.6. The van der Waals surface area contributed by atoms with Crippen molar-refractivity contribution in [3.8, 4) is 5.88 Å². The van der Waals surface area contributed by atoms with Crippen molar-refractivity contribution in [2.24, 2.45) is 9.50 Å². The molecule has 33 heavy (non-hydrogen) atoms. The largest absolute Gasteiger partial charge is 0.477 e. The van der Waals surface area contributed by atoms with E-state index in [0.717, 1.165) is 57.1 Å². The molecule has 3 N–H and O–H groups in total. The molecule has 2 heterocycles. The summed E-state index contributed by atoms with van der Waals surface area (Å²) in [6.07, 6.45) is 9.24. The second kappa shape index (κ2) is 7.54. The van der Waals surface area contributed by atoms with Crippen LogP contribution >= 0.6 is 0 Å². The lowest BCUT2D eigenvalue weighted by atomic mass is 9.89. The van der Waals surface area contributed by atoms with E-state index >= 15 is 0 Å². The minimum absolute atomic E-state index is 0.134. The molecule has 1 aromatic heterocycles. The lowest BCUT2D eigenvalue weighted by Gasteiger charge is -2.26. The first kappa shape index (κ1) is 21.1. The number of hydrogen-bond donors (Lipinski definition) is 2. The van der Waals surface area contributed by atoms with E-state index in [0.29, 0.717) is 19.0 Å². The number of carbonyl (C=O) groups excluding carboxylic acids is 1. The summed E-state index contributed by atoms with van der Waals surface area (Å²) in [4.78, 5) is 13.3. The van der Waals surface area contributed by atoms with Crippen molar-refractivity contribution >= 4 is 21.6 Å². The number of nitrogens with two attached hydrogens (primary N) is 1. The molecule has 0 bridgehead atoms. The van der Waals surface area contributed by atoms with Gasteiger partial charge in [0.25, 0.3) is 0 Å². The molecule has 176 valence electrons. The highest BCUT2D eigenvalue weighted by molar-refractivity contribution is 7.91. The predicted octanol–water partition coefficient (Wildman–Crippen LogP) is 3.30. The van der Waals surface area contributed by atoms with Crippen LogP contribution in [0.25, 0.3) is 0 Å². The monoisotopic (exact) mass is 471 g/mol. The molecule has 4 aliphatic rings. The summed E-state index contributed by atoms with van der Waals surface area (Å²) in [5.41, 5.74) is 5.62. The van der Waals surface area contributed by atoms with Crippen LogP contribution in [0, 0.1) is 0 Å². The van der Waals surface area contributed by atoms with E-state index in [1.54, 1.807) is 11.8 Å². The average molecular weight is 472 g/mol. The molecule has 2 aromatic rings.